The third-order valence-corrected chi connectivity index (χ3v) is 4.91. The third kappa shape index (κ3) is 4.92. The number of nitrogen functional groups attached to an aromatic ring is 1. The zero-order valence-corrected chi connectivity index (χ0v) is 17.9. The van der Waals surface area contributed by atoms with Crippen LogP contribution in [0.3, 0.4) is 0 Å². The number of anilines is 3. The number of aromatic nitrogens is 3. The van der Waals surface area contributed by atoms with E-state index in [9.17, 15) is 4.79 Å². The zero-order chi connectivity index (χ0) is 22.5. The molecule has 0 fully saturated rings. The van der Waals surface area contributed by atoms with Crippen LogP contribution in [0, 0.1) is 0 Å². The summed E-state index contributed by atoms with van der Waals surface area (Å²) in [7, 11) is 3.42. The van der Waals surface area contributed by atoms with Gasteiger partial charge in [-0.2, -0.15) is 0 Å². The zero-order valence-electron chi connectivity index (χ0n) is 17.9. The van der Waals surface area contributed by atoms with Gasteiger partial charge < -0.3 is 20.7 Å². The number of carbonyl (C=O) groups excluding carboxylic acids is 1. The Hall–Kier alpha value is -4.20. The van der Waals surface area contributed by atoms with Crippen molar-refractivity contribution >= 4 is 34.0 Å². The lowest BCUT2D eigenvalue weighted by Gasteiger charge is -2.12. The fraction of sp³-hybridized carbons (Fsp3) is 0.167. The quantitative estimate of drug-likeness (QED) is 0.434. The van der Waals surface area contributed by atoms with Gasteiger partial charge in [0, 0.05) is 42.9 Å². The summed E-state index contributed by atoms with van der Waals surface area (Å²) in [4.78, 5) is 26.4. The SMILES string of the molecule is CN(C)C(=O)Cc1cncc(Nc2cc(COc3ccc(N)c4ccccc34)ccn2)n1. The Balaban J connectivity index is 1.46. The van der Waals surface area contributed by atoms with Gasteiger partial charge >= 0.3 is 0 Å². The number of pyridine rings is 1. The maximum absolute atomic E-state index is 11.9. The number of carbonyl (C=O) groups is 1. The van der Waals surface area contributed by atoms with E-state index in [4.69, 9.17) is 10.5 Å². The minimum absolute atomic E-state index is 0.0380. The van der Waals surface area contributed by atoms with Crippen LogP contribution >= 0.6 is 0 Å². The largest absolute Gasteiger partial charge is 0.488 e. The van der Waals surface area contributed by atoms with Crippen LogP contribution in [0.2, 0.25) is 0 Å². The van der Waals surface area contributed by atoms with Crippen molar-refractivity contribution in [2.45, 2.75) is 13.0 Å². The summed E-state index contributed by atoms with van der Waals surface area (Å²) in [6.45, 7) is 0.369. The van der Waals surface area contributed by atoms with Crippen LogP contribution in [0.25, 0.3) is 10.8 Å². The summed E-state index contributed by atoms with van der Waals surface area (Å²) in [5.41, 5.74) is 8.32. The second-order valence-electron chi connectivity index (χ2n) is 7.52. The van der Waals surface area contributed by atoms with Gasteiger partial charge in [0.2, 0.25) is 5.91 Å². The van der Waals surface area contributed by atoms with Gasteiger partial charge in [0.05, 0.1) is 18.3 Å². The van der Waals surface area contributed by atoms with Crippen molar-refractivity contribution in [3.05, 3.63) is 78.4 Å². The molecule has 8 nitrogen and oxygen atoms in total. The van der Waals surface area contributed by atoms with Crippen molar-refractivity contribution in [1.29, 1.82) is 0 Å². The van der Waals surface area contributed by atoms with Gasteiger partial charge in [-0.15, -0.1) is 0 Å². The van der Waals surface area contributed by atoms with E-state index in [0.29, 0.717) is 23.9 Å². The highest BCUT2D eigenvalue weighted by atomic mass is 16.5. The molecule has 0 aliphatic carbocycles. The van der Waals surface area contributed by atoms with Crippen LogP contribution in [0.5, 0.6) is 5.75 Å². The summed E-state index contributed by atoms with van der Waals surface area (Å²) >= 11 is 0. The number of hydrogen-bond acceptors (Lipinski definition) is 7. The molecule has 162 valence electrons. The molecule has 1 amide bonds. The van der Waals surface area contributed by atoms with E-state index in [0.717, 1.165) is 27.8 Å². The number of likely N-dealkylation sites (N-methyl/N-ethyl adjacent to an activating group) is 1. The minimum atomic E-state index is -0.0380. The van der Waals surface area contributed by atoms with Crippen molar-refractivity contribution in [3.8, 4) is 5.75 Å². The van der Waals surface area contributed by atoms with Crippen molar-refractivity contribution in [3.63, 3.8) is 0 Å². The summed E-state index contributed by atoms with van der Waals surface area (Å²) in [5.74, 6) is 1.86. The highest BCUT2D eigenvalue weighted by molar-refractivity contribution is 5.97. The third-order valence-electron chi connectivity index (χ3n) is 4.91. The van der Waals surface area contributed by atoms with Crippen LogP contribution in [-0.4, -0.2) is 39.9 Å². The maximum atomic E-state index is 11.9. The fourth-order valence-corrected chi connectivity index (χ4v) is 3.21. The molecule has 3 N–H and O–H groups in total. The van der Waals surface area contributed by atoms with E-state index in [1.165, 1.54) is 4.90 Å². The normalized spacial score (nSPS) is 10.7. The monoisotopic (exact) mass is 428 g/mol. The summed E-state index contributed by atoms with van der Waals surface area (Å²) in [6, 6.07) is 15.4. The van der Waals surface area contributed by atoms with Crippen LogP contribution in [0.1, 0.15) is 11.3 Å². The van der Waals surface area contributed by atoms with Crippen LogP contribution < -0.4 is 15.8 Å². The van der Waals surface area contributed by atoms with E-state index in [-0.39, 0.29) is 12.3 Å². The molecular formula is C24H24N6O2. The predicted molar refractivity (Wildman–Crippen MR) is 125 cm³/mol. The number of ether oxygens (including phenoxy) is 1. The maximum Gasteiger partial charge on any atom is 0.228 e. The van der Waals surface area contributed by atoms with Gasteiger partial charge in [0.1, 0.15) is 24.0 Å². The molecule has 0 saturated heterocycles. The molecular weight excluding hydrogens is 404 g/mol. The summed E-state index contributed by atoms with van der Waals surface area (Å²) in [5, 5.41) is 5.08. The van der Waals surface area contributed by atoms with E-state index < -0.39 is 0 Å². The van der Waals surface area contributed by atoms with Gasteiger partial charge in [-0.05, 0) is 29.8 Å². The average molecular weight is 428 g/mol. The molecule has 0 unspecified atom stereocenters. The number of rotatable bonds is 7. The van der Waals surface area contributed by atoms with Gasteiger partial charge in [-0.1, -0.05) is 24.3 Å². The van der Waals surface area contributed by atoms with E-state index in [2.05, 4.69) is 20.3 Å². The van der Waals surface area contributed by atoms with E-state index in [1.54, 1.807) is 32.7 Å². The molecule has 2 aromatic heterocycles. The smallest absolute Gasteiger partial charge is 0.228 e. The first-order chi connectivity index (χ1) is 15.5. The molecule has 0 aliphatic heterocycles. The minimum Gasteiger partial charge on any atom is -0.488 e. The van der Waals surface area contributed by atoms with Crippen molar-refractivity contribution in [1.82, 2.24) is 19.9 Å². The molecule has 2 aromatic carbocycles. The molecule has 0 saturated carbocycles. The molecule has 0 spiro atoms. The number of benzene rings is 2. The summed E-state index contributed by atoms with van der Waals surface area (Å²) in [6.07, 6.45) is 5.07. The fourth-order valence-electron chi connectivity index (χ4n) is 3.21. The predicted octanol–water partition coefficient (Wildman–Crippen LogP) is 3.56. The first-order valence-corrected chi connectivity index (χ1v) is 10.1. The Morgan fingerprint density at radius 2 is 1.88 bits per heavy atom. The van der Waals surface area contributed by atoms with E-state index >= 15 is 0 Å². The number of nitrogens with zero attached hydrogens (tertiary/aromatic N) is 4. The molecule has 0 radical (unpaired) electrons. The summed E-state index contributed by atoms with van der Waals surface area (Å²) < 4.78 is 6.07. The Kier molecular flexibility index (Phi) is 6.12. The number of nitrogens with one attached hydrogen (secondary N) is 1. The van der Waals surface area contributed by atoms with Gasteiger partial charge in [0.25, 0.3) is 0 Å². The van der Waals surface area contributed by atoms with E-state index in [1.807, 2.05) is 48.5 Å². The van der Waals surface area contributed by atoms with Gasteiger partial charge in [0.15, 0.2) is 0 Å². The van der Waals surface area contributed by atoms with Crippen molar-refractivity contribution in [2.24, 2.45) is 0 Å². The average Bonchev–Trinajstić information content (AvgIpc) is 2.79. The topological polar surface area (TPSA) is 106 Å². The molecule has 2 heterocycles. The lowest BCUT2D eigenvalue weighted by molar-refractivity contribution is -0.128. The first kappa shape index (κ1) is 21.0. The molecule has 32 heavy (non-hydrogen) atoms. The molecule has 0 atom stereocenters. The number of nitrogens with two attached hydrogens (primary N) is 1. The lowest BCUT2D eigenvalue weighted by atomic mass is 10.1. The first-order valence-electron chi connectivity index (χ1n) is 10.1. The van der Waals surface area contributed by atoms with Crippen molar-refractivity contribution < 1.29 is 9.53 Å². The van der Waals surface area contributed by atoms with Crippen LogP contribution in [0.15, 0.2) is 67.1 Å². The highest BCUT2D eigenvalue weighted by Gasteiger charge is 2.09. The van der Waals surface area contributed by atoms with Gasteiger partial charge in [-0.25, -0.2) is 9.97 Å². The second-order valence-corrected chi connectivity index (χ2v) is 7.52. The van der Waals surface area contributed by atoms with Gasteiger partial charge in [-0.3, -0.25) is 9.78 Å². The molecule has 0 bridgehead atoms. The Morgan fingerprint density at radius 3 is 2.69 bits per heavy atom. The highest BCUT2D eigenvalue weighted by Crippen LogP contribution is 2.30. The molecule has 0 aliphatic rings. The Bertz CT molecular complexity index is 1260. The Morgan fingerprint density at radius 1 is 1.06 bits per heavy atom. The molecule has 4 rings (SSSR count). The lowest BCUT2D eigenvalue weighted by Crippen LogP contribution is -2.24. The second kappa shape index (κ2) is 9.30. The molecule has 8 heteroatoms. The standard InChI is InChI=1S/C24H24N6O2/c1-30(2)24(31)12-17-13-26-14-23(28-17)29-22-11-16(9-10-27-22)15-32-21-8-7-20(25)18-5-3-4-6-19(18)21/h3-11,13-14H,12,15,25H2,1-2H3,(H,27,28,29). The number of fused-ring (bicyclic) bond motifs is 1. The molecule has 4 aromatic rings. The Labute approximate surface area is 186 Å². The van der Waals surface area contributed by atoms with Crippen molar-refractivity contribution in [2.75, 3.05) is 25.1 Å². The van der Waals surface area contributed by atoms with Crippen LogP contribution in [-0.2, 0) is 17.8 Å². The number of hydrogen-bond donors (Lipinski definition) is 2. The number of amides is 1. The van der Waals surface area contributed by atoms with Crippen LogP contribution in [0.4, 0.5) is 17.3 Å².